The summed E-state index contributed by atoms with van der Waals surface area (Å²) in [7, 11) is 0. The van der Waals surface area contributed by atoms with Gasteiger partial charge >= 0.3 is 0 Å². The minimum Gasteiger partial charge on any atom is -0.388 e. The van der Waals surface area contributed by atoms with Crippen molar-refractivity contribution < 1.29 is 5.11 Å². The molecule has 2 heteroatoms. The molecule has 0 bridgehead atoms. The highest BCUT2D eigenvalue weighted by atomic mass is 16.3. The Bertz CT molecular complexity index is 467. The predicted octanol–water partition coefficient (Wildman–Crippen LogP) is 2.92. The molecule has 17 heavy (non-hydrogen) atoms. The smallest absolute Gasteiger partial charge is 0.0845 e. The lowest BCUT2D eigenvalue weighted by atomic mass is 10.0. The van der Waals surface area contributed by atoms with Crippen molar-refractivity contribution in [1.29, 1.82) is 0 Å². The minimum absolute atomic E-state index is 0.476. The molecule has 2 rings (SSSR count). The molecule has 1 unspecified atom stereocenters. The molecular weight excluding hydrogens is 210 g/mol. The first-order valence-electron chi connectivity index (χ1n) is 5.96. The summed E-state index contributed by atoms with van der Waals surface area (Å²) in [5, 5.41) is 10.2. The van der Waals surface area contributed by atoms with Gasteiger partial charge in [0.1, 0.15) is 0 Å². The van der Waals surface area contributed by atoms with Gasteiger partial charge in [-0.1, -0.05) is 37.3 Å². The van der Waals surface area contributed by atoms with Crippen molar-refractivity contribution in [3.8, 4) is 0 Å². The summed E-state index contributed by atoms with van der Waals surface area (Å²) >= 11 is 0. The number of pyridine rings is 1. The van der Waals surface area contributed by atoms with Crippen LogP contribution in [0.1, 0.15) is 29.8 Å². The quantitative estimate of drug-likeness (QED) is 0.871. The average Bonchev–Trinajstić information content (AvgIpc) is 2.40. The molecule has 1 aromatic heterocycles. The summed E-state index contributed by atoms with van der Waals surface area (Å²) in [6.45, 7) is 2.12. The first-order chi connectivity index (χ1) is 8.29. The molecule has 0 radical (unpaired) electrons. The van der Waals surface area contributed by atoms with Gasteiger partial charge < -0.3 is 5.11 Å². The fraction of sp³-hybridized carbons (Fsp3) is 0.267. The largest absolute Gasteiger partial charge is 0.388 e. The molecule has 0 saturated heterocycles. The van der Waals surface area contributed by atoms with E-state index >= 15 is 0 Å². The lowest BCUT2D eigenvalue weighted by Crippen LogP contribution is -2.03. The van der Waals surface area contributed by atoms with Crippen LogP contribution in [0.25, 0.3) is 0 Å². The second-order valence-corrected chi connectivity index (χ2v) is 4.14. The molecule has 1 heterocycles. The Morgan fingerprint density at radius 1 is 1.18 bits per heavy atom. The molecule has 0 amide bonds. The van der Waals surface area contributed by atoms with Crippen LogP contribution in [-0.4, -0.2) is 10.1 Å². The molecular formula is C15H17NO. The Balaban J connectivity index is 2.11. The Hall–Kier alpha value is -1.67. The van der Waals surface area contributed by atoms with Gasteiger partial charge in [-0.25, -0.2) is 0 Å². The Morgan fingerprint density at radius 2 is 2.06 bits per heavy atom. The number of aliphatic hydroxyl groups excluding tert-OH is 1. The molecule has 1 atom stereocenters. The van der Waals surface area contributed by atoms with Gasteiger partial charge in [0, 0.05) is 18.3 Å². The number of aryl methyl sites for hydroxylation is 1. The Labute approximate surface area is 102 Å². The third-order valence-electron chi connectivity index (χ3n) is 2.87. The predicted molar refractivity (Wildman–Crippen MR) is 68.7 cm³/mol. The van der Waals surface area contributed by atoms with Gasteiger partial charge in [-0.3, -0.25) is 4.98 Å². The van der Waals surface area contributed by atoms with Gasteiger partial charge in [-0.15, -0.1) is 0 Å². The highest BCUT2D eigenvalue weighted by Crippen LogP contribution is 2.18. The lowest BCUT2D eigenvalue weighted by molar-refractivity contribution is 0.177. The summed E-state index contributed by atoms with van der Waals surface area (Å²) in [6.07, 6.45) is 2.83. The summed E-state index contributed by atoms with van der Waals surface area (Å²) < 4.78 is 0. The maximum Gasteiger partial charge on any atom is 0.0845 e. The molecule has 1 N–H and O–H groups in total. The van der Waals surface area contributed by atoms with Crippen molar-refractivity contribution in [3.63, 3.8) is 0 Å². The monoisotopic (exact) mass is 227 g/mol. The van der Waals surface area contributed by atoms with E-state index in [4.69, 9.17) is 0 Å². The number of benzene rings is 1. The van der Waals surface area contributed by atoms with Crippen molar-refractivity contribution in [2.24, 2.45) is 0 Å². The summed E-state index contributed by atoms with van der Waals surface area (Å²) in [5.41, 5.74) is 3.14. The zero-order chi connectivity index (χ0) is 12.1. The van der Waals surface area contributed by atoms with Crippen LogP contribution in [0.5, 0.6) is 0 Å². The summed E-state index contributed by atoms with van der Waals surface area (Å²) in [6, 6.07) is 13.9. The van der Waals surface area contributed by atoms with E-state index in [1.54, 1.807) is 6.20 Å². The van der Waals surface area contributed by atoms with E-state index in [1.807, 2.05) is 30.3 Å². The SMILES string of the molecule is CCc1cccc(C(O)Cc2ccccn2)c1. The zero-order valence-corrected chi connectivity index (χ0v) is 10.0. The molecule has 0 spiro atoms. The van der Waals surface area contributed by atoms with E-state index < -0.39 is 6.10 Å². The van der Waals surface area contributed by atoms with Gasteiger partial charge in [-0.2, -0.15) is 0 Å². The molecule has 0 aliphatic heterocycles. The van der Waals surface area contributed by atoms with Gasteiger partial charge in [0.15, 0.2) is 0 Å². The standard InChI is InChI=1S/C15H17NO/c1-2-12-6-5-7-13(10-12)15(17)11-14-8-3-4-9-16-14/h3-10,15,17H,2,11H2,1H3. The van der Waals surface area contributed by atoms with Crippen LogP contribution >= 0.6 is 0 Å². The van der Waals surface area contributed by atoms with Gasteiger partial charge in [0.25, 0.3) is 0 Å². The van der Waals surface area contributed by atoms with Crippen LogP contribution < -0.4 is 0 Å². The van der Waals surface area contributed by atoms with Crippen LogP contribution in [0.4, 0.5) is 0 Å². The number of nitrogens with zero attached hydrogens (tertiary/aromatic N) is 1. The van der Waals surface area contributed by atoms with E-state index in [-0.39, 0.29) is 0 Å². The highest BCUT2D eigenvalue weighted by molar-refractivity contribution is 5.26. The first kappa shape index (κ1) is 11.8. The molecule has 1 aromatic carbocycles. The lowest BCUT2D eigenvalue weighted by Gasteiger charge is -2.11. The van der Waals surface area contributed by atoms with E-state index in [9.17, 15) is 5.11 Å². The van der Waals surface area contributed by atoms with E-state index in [0.717, 1.165) is 17.7 Å². The van der Waals surface area contributed by atoms with Gasteiger partial charge in [0.2, 0.25) is 0 Å². The maximum absolute atomic E-state index is 10.2. The van der Waals surface area contributed by atoms with E-state index in [2.05, 4.69) is 24.0 Å². The van der Waals surface area contributed by atoms with E-state index in [0.29, 0.717) is 6.42 Å². The average molecular weight is 227 g/mol. The molecule has 0 aliphatic carbocycles. The van der Waals surface area contributed by atoms with E-state index in [1.165, 1.54) is 5.56 Å². The van der Waals surface area contributed by atoms with Crippen molar-refractivity contribution in [1.82, 2.24) is 4.98 Å². The van der Waals surface area contributed by atoms with Gasteiger partial charge in [-0.05, 0) is 29.7 Å². The summed E-state index contributed by atoms with van der Waals surface area (Å²) in [4.78, 5) is 4.23. The van der Waals surface area contributed by atoms with Crippen LogP contribution in [0, 0.1) is 0 Å². The first-order valence-corrected chi connectivity index (χ1v) is 5.96. The van der Waals surface area contributed by atoms with Crippen molar-refractivity contribution in [2.75, 3.05) is 0 Å². The number of aromatic nitrogens is 1. The normalized spacial score (nSPS) is 12.4. The number of hydrogen-bond acceptors (Lipinski definition) is 2. The van der Waals surface area contributed by atoms with Crippen molar-refractivity contribution in [3.05, 3.63) is 65.5 Å². The van der Waals surface area contributed by atoms with Crippen LogP contribution in [0.2, 0.25) is 0 Å². The second kappa shape index (κ2) is 5.60. The summed E-state index contributed by atoms with van der Waals surface area (Å²) in [5.74, 6) is 0. The third kappa shape index (κ3) is 3.14. The van der Waals surface area contributed by atoms with Crippen molar-refractivity contribution in [2.45, 2.75) is 25.9 Å². The Morgan fingerprint density at radius 3 is 2.76 bits per heavy atom. The molecule has 0 fully saturated rings. The molecule has 2 aromatic rings. The minimum atomic E-state index is -0.476. The number of rotatable bonds is 4. The fourth-order valence-electron chi connectivity index (χ4n) is 1.86. The topological polar surface area (TPSA) is 33.1 Å². The maximum atomic E-state index is 10.2. The molecule has 2 nitrogen and oxygen atoms in total. The number of hydrogen-bond donors (Lipinski definition) is 1. The molecule has 0 saturated carbocycles. The van der Waals surface area contributed by atoms with Gasteiger partial charge in [0.05, 0.1) is 6.10 Å². The van der Waals surface area contributed by atoms with Crippen molar-refractivity contribution >= 4 is 0 Å². The highest BCUT2D eigenvalue weighted by Gasteiger charge is 2.09. The molecule has 0 aliphatic rings. The molecule has 88 valence electrons. The number of aliphatic hydroxyl groups is 1. The zero-order valence-electron chi connectivity index (χ0n) is 10.0. The Kier molecular flexibility index (Phi) is 3.89. The van der Waals surface area contributed by atoms with Crippen LogP contribution in [0.15, 0.2) is 48.7 Å². The van der Waals surface area contributed by atoms with Crippen LogP contribution in [0.3, 0.4) is 0 Å². The fourth-order valence-corrected chi connectivity index (χ4v) is 1.86. The second-order valence-electron chi connectivity index (χ2n) is 4.14. The van der Waals surface area contributed by atoms with Crippen LogP contribution in [-0.2, 0) is 12.8 Å². The third-order valence-corrected chi connectivity index (χ3v) is 2.87.